The number of alkyl carbamates (subject to hydrolysis) is 1. The third-order valence-electron chi connectivity index (χ3n) is 6.90. The number of piperidine rings is 1. The van der Waals surface area contributed by atoms with Crippen molar-refractivity contribution in [3.63, 3.8) is 0 Å². The Morgan fingerprint density at radius 1 is 0.929 bits per heavy atom. The Labute approximate surface area is 247 Å². The molecule has 4 amide bonds. The number of anilines is 1. The van der Waals surface area contributed by atoms with Gasteiger partial charge >= 0.3 is 6.09 Å². The van der Waals surface area contributed by atoms with E-state index in [2.05, 4.69) is 16.0 Å². The van der Waals surface area contributed by atoms with Crippen molar-refractivity contribution in [2.45, 2.75) is 78.0 Å². The Morgan fingerprint density at radius 2 is 1.55 bits per heavy atom. The molecule has 3 rings (SSSR count). The van der Waals surface area contributed by atoms with E-state index in [-0.39, 0.29) is 29.6 Å². The molecule has 1 aliphatic rings. The zero-order chi connectivity index (χ0) is 30.9. The molecule has 9 nitrogen and oxygen atoms in total. The van der Waals surface area contributed by atoms with Crippen molar-refractivity contribution >= 4 is 29.5 Å². The number of carbonyl (C=O) groups is 4. The highest BCUT2D eigenvalue weighted by molar-refractivity contribution is 5.97. The van der Waals surface area contributed by atoms with E-state index in [1.54, 1.807) is 25.7 Å². The van der Waals surface area contributed by atoms with Gasteiger partial charge in [0.2, 0.25) is 17.7 Å². The highest BCUT2D eigenvalue weighted by Crippen LogP contribution is 2.21. The molecule has 2 atom stereocenters. The van der Waals surface area contributed by atoms with Crippen molar-refractivity contribution in [1.82, 2.24) is 15.5 Å². The molecule has 1 fully saturated rings. The Bertz CT molecular complexity index is 1210. The molecule has 3 N–H and O–H groups in total. The number of nitrogens with zero attached hydrogens (tertiary/aromatic N) is 1. The van der Waals surface area contributed by atoms with Crippen LogP contribution in [0.3, 0.4) is 0 Å². The number of carbonyl (C=O) groups excluding carboxylic acids is 4. The molecule has 0 spiro atoms. The number of halogens is 1. The Hall–Kier alpha value is -3.95. The molecule has 10 heteroatoms. The fourth-order valence-corrected chi connectivity index (χ4v) is 4.84. The van der Waals surface area contributed by atoms with Crippen molar-refractivity contribution in [1.29, 1.82) is 0 Å². The molecule has 1 heterocycles. The van der Waals surface area contributed by atoms with Crippen molar-refractivity contribution in [2.75, 3.05) is 18.4 Å². The van der Waals surface area contributed by atoms with Gasteiger partial charge in [-0.3, -0.25) is 14.4 Å². The maximum Gasteiger partial charge on any atom is 0.408 e. The van der Waals surface area contributed by atoms with E-state index < -0.39 is 29.6 Å². The SMILES string of the molecule is CC(C)CC(NC(=O)C1CCN(C(=O)C(Cc2ccccc2)NC(=O)OC(C)(C)C)CC1)C(=O)Nc1ccc(F)cc1. The summed E-state index contributed by atoms with van der Waals surface area (Å²) >= 11 is 0. The number of ether oxygens (including phenoxy) is 1. The standard InChI is InChI=1S/C32H43FN4O5/c1-21(2)19-26(29(39)34-25-13-11-24(33)12-14-25)35-28(38)23-15-17-37(18-16-23)30(40)27(20-22-9-7-6-8-10-22)36-31(41)42-32(3,4)5/h6-14,21,23,26-27H,15-20H2,1-5H3,(H,34,39)(H,35,38)(H,36,41). The van der Waals surface area contributed by atoms with Gasteiger partial charge < -0.3 is 25.6 Å². The van der Waals surface area contributed by atoms with Crippen LogP contribution in [0.2, 0.25) is 0 Å². The molecule has 1 aliphatic heterocycles. The molecule has 0 aliphatic carbocycles. The molecule has 0 bridgehead atoms. The van der Waals surface area contributed by atoms with Crippen molar-refractivity contribution in [2.24, 2.45) is 11.8 Å². The lowest BCUT2D eigenvalue weighted by Crippen LogP contribution is -2.54. The van der Waals surface area contributed by atoms with Gasteiger partial charge in [-0.15, -0.1) is 0 Å². The zero-order valence-corrected chi connectivity index (χ0v) is 25.1. The first-order chi connectivity index (χ1) is 19.8. The predicted molar refractivity (Wildman–Crippen MR) is 159 cm³/mol. The number of hydrogen-bond acceptors (Lipinski definition) is 5. The second-order valence-corrected chi connectivity index (χ2v) is 12.2. The number of rotatable bonds is 10. The lowest BCUT2D eigenvalue weighted by atomic mass is 9.93. The summed E-state index contributed by atoms with van der Waals surface area (Å²) in [7, 11) is 0. The first-order valence-corrected chi connectivity index (χ1v) is 14.5. The minimum Gasteiger partial charge on any atom is -0.444 e. The van der Waals surface area contributed by atoms with E-state index in [0.29, 0.717) is 44.5 Å². The van der Waals surface area contributed by atoms with Crippen LogP contribution in [0.25, 0.3) is 0 Å². The summed E-state index contributed by atoms with van der Waals surface area (Å²) in [6.45, 7) is 9.89. The highest BCUT2D eigenvalue weighted by Gasteiger charge is 2.34. The first kappa shape index (κ1) is 32.6. The summed E-state index contributed by atoms with van der Waals surface area (Å²) in [5, 5.41) is 8.38. The largest absolute Gasteiger partial charge is 0.444 e. The van der Waals surface area contributed by atoms with E-state index in [9.17, 15) is 23.6 Å². The smallest absolute Gasteiger partial charge is 0.408 e. The monoisotopic (exact) mass is 582 g/mol. The quantitative estimate of drug-likeness (QED) is 0.377. The van der Waals surface area contributed by atoms with Crippen LogP contribution in [0, 0.1) is 17.7 Å². The van der Waals surface area contributed by atoms with Crippen LogP contribution in [-0.2, 0) is 25.5 Å². The molecule has 0 saturated carbocycles. The van der Waals surface area contributed by atoms with Crippen molar-refractivity contribution in [3.8, 4) is 0 Å². The Kier molecular flexibility index (Phi) is 11.5. The van der Waals surface area contributed by atoms with Gasteiger partial charge in [0.1, 0.15) is 23.5 Å². The van der Waals surface area contributed by atoms with Crippen LogP contribution in [0.4, 0.5) is 14.9 Å². The van der Waals surface area contributed by atoms with Gasteiger partial charge in [-0.25, -0.2) is 9.18 Å². The third kappa shape index (κ3) is 10.5. The summed E-state index contributed by atoms with van der Waals surface area (Å²) in [6.07, 6.45) is 0.931. The van der Waals surface area contributed by atoms with E-state index in [1.165, 1.54) is 24.3 Å². The van der Waals surface area contributed by atoms with E-state index in [1.807, 2.05) is 44.2 Å². The molecule has 2 aromatic carbocycles. The summed E-state index contributed by atoms with van der Waals surface area (Å²) in [4.78, 5) is 53.9. The fraction of sp³-hybridized carbons (Fsp3) is 0.500. The normalized spacial score (nSPS) is 15.5. The molecular formula is C32H43FN4O5. The minimum atomic E-state index is -0.821. The lowest BCUT2D eigenvalue weighted by Gasteiger charge is -2.34. The van der Waals surface area contributed by atoms with Gasteiger partial charge in [0.05, 0.1) is 0 Å². The minimum absolute atomic E-state index is 0.146. The van der Waals surface area contributed by atoms with Gasteiger partial charge in [0.15, 0.2) is 0 Å². The van der Waals surface area contributed by atoms with Crippen LogP contribution >= 0.6 is 0 Å². The topological polar surface area (TPSA) is 117 Å². The molecule has 42 heavy (non-hydrogen) atoms. The maximum absolute atomic E-state index is 13.5. The summed E-state index contributed by atoms with van der Waals surface area (Å²) < 4.78 is 18.6. The van der Waals surface area contributed by atoms with Crippen LogP contribution in [0.1, 0.15) is 59.4 Å². The second-order valence-electron chi connectivity index (χ2n) is 12.2. The molecule has 1 saturated heterocycles. The first-order valence-electron chi connectivity index (χ1n) is 14.5. The van der Waals surface area contributed by atoms with Crippen LogP contribution < -0.4 is 16.0 Å². The highest BCUT2D eigenvalue weighted by atomic mass is 19.1. The van der Waals surface area contributed by atoms with Gasteiger partial charge in [-0.2, -0.15) is 0 Å². The summed E-state index contributed by atoms with van der Waals surface area (Å²) in [6, 6.07) is 13.3. The molecular weight excluding hydrogens is 539 g/mol. The third-order valence-corrected chi connectivity index (χ3v) is 6.90. The average molecular weight is 583 g/mol. The van der Waals surface area contributed by atoms with Gasteiger partial charge in [0.25, 0.3) is 0 Å². The maximum atomic E-state index is 13.5. The van der Waals surface area contributed by atoms with Crippen LogP contribution in [-0.4, -0.2) is 59.5 Å². The summed E-state index contributed by atoms with van der Waals surface area (Å²) in [5.74, 6) is -1.47. The van der Waals surface area contributed by atoms with Gasteiger partial charge in [0, 0.05) is 31.1 Å². The van der Waals surface area contributed by atoms with Crippen LogP contribution in [0.15, 0.2) is 54.6 Å². The Morgan fingerprint density at radius 3 is 2.12 bits per heavy atom. The van der Waals surface area contributed by atoms with E-state index >= 15 is 0 Å². The molecule has 2 aromatic rings. The number of benzene rings is 2. The van der Waals surface area contributed by atoms with Crippen molar-refractivity contribution < 1.29 is 28.3 Å². The van der Waals surface area contributed by atoms with Crippen LogP contribution in [0.5, 0.6) is 0 Å². The average Bonchev–Trinajstić information content (AvgIpc) is 2.92. The number of hydrogen-bond donors (Lipinski definition) is 3. The van der Waals surface area contributed by atoms with E-state index in [0.717, 1.165) is 5.56 Å². The summed E-state index contributed by atoms with van der Waals surface area (Å²) in [5.41, 5.74) is 0.636. The number of likely N-dealkylation sites (tertiary alicyclic amines) is 1. The predicted octanol–water partition coefficient (Wildman–Crippen LogP) is 4.67. The molecule has 0 radical (unpaired) electrons. The lowest BCUT2D eigenvalue weighted by molar-refractivity contribution is -0.137. The molecule has 228 valence electrons. The fourth-order valence-electron chi connectivity index (χ4n) is 4.84. The number of nitrogens with one attached hydrogen (secondary N) is 3. The Balaban J connectivity index is 1.61. The number of amides is 4. The van der Waals surface area contributed by atoms with Gasteiger partial charge in [-0.1, -0.05) is 44.2 Å². The molecule has 2 unspecified atom stereocenters. The molecule has 0 aromatic heterocycles. The second kappa shape index (κ2) is 14.8. The van der Waals surface area contributed by atoms with E-state index in [4.69, 9.17) is 4.74 Å². The zero-order valence-electron chi connectivity index (χ0n) is 25.1. The van der Waals surface area contributed by atoms with Gasteiger partial charge in [-0.05, 0) is 75.8 Å². The van der Waals surface area contributed by atoms with Crippen molar-refractivity contribution in [3.05, 3.63) is 66.0 Å².